The van der Waals surface area contributed by atoms with Gasteiger partial charge in [-0.15, -0.1) is 0 Å². The number of hydrogen-bond donors (Lipinski definition) is 0. The first-order valence-electron chi connectivity index (χ1n) is 16.8. The van der Waals surface area contributed by atoms with Crippen molar-refractivity contribution >= 4 is 0 Å². The van der Waals surface area contributed by atoms with E-state index in [1.165, 1.54) is 94.6 Å². The largest absolute Gasteiger partial charge is 0.501 e. The molecule has 1 aromatic carbocycles. The fourth-order valence-corrected chi connectivity index (χ4v) is 4.83. The van der Waals surface area contributed by atoms with Crippen molar-refractivity contribution in [3.63, 3.8) is 0 Å². The zero-order valence-corrected chi connectivity index (χ0v) is 27.7. The Bertz CT molecular complexity index is 960. The first kappa shape index (κ1) is 37.4. The highest BCUT2D eigenvalue weighted by molar-refractivity contribution is 5.31. The molecule has 0 unspecified atom stereocenters. The van der Waals surface area contributed by atoms with E-state index in [1.54, 1.807) is 17.4 Å². The summed E-state index contributed by atoms with van der Waals surface area (Å²) in [5.74, 6) is 0. The molecule has 0 aliphatic rings. The Balaban J connectivity index is 2.36. The Labute approximate surface area is 260 Å². The molecule has 2 heteroatoms. The topological polar surface area (TPSA) is 18.5 Å². The average Bonchev–Trinajstić information content (AvgIpc) is 2.97. The van der Waals surface area contributed by atoms with E-state index in [0.717, 1.165) is 31.6 Å². The fourth-order valence-electron chi connectivity index (χ4n) is 4.83. The van der Waals surface area contributed by atoms with Gasteiger partial charge < -0.3 is 9.47 Å². The lowest BCUT2D eigenvalue weighted by Crippen LogP contribution is -1.98. The molecule has 0 saturated heterocycles. The zero-order valence-electron chi connectivity index (χ0n) is 27.7. The van der Waals surface area contributed by atoms with Crippen molar-refractivity contribution in [1.82, 2.24) is 0 Å². The Kier molecular flexibility index (Phi) is 24.3. The van der Waals surface area contributed by atoms with Gasteiger partial charge in [0.2, 0.25) is 0 Å². The molecule has 1 aromatic rings. The molecule has 0 bridgehead atoms. The van der Waals surface area contributed by atoms with Crippen LogP contribution < -0.4 is 0 Å². The number of rotatable bonds is 26. The van der Waals surface area contributed by atoms with Crippen LogP contribution in [0.25, 0.3) is 0 Å². The van der Waals surface area contributed by atoms with Gasteiger partial charge in [-0.3, -0.25) is 0 Å². The van der Waals surface area contributed by atoms with Crippen molar-refractivity contribution < 1.29 is 9.47 Å². The van der Waals surface area contributed by atoms with Gasteiger partial charge in [0.25, 0.3) is 0 Å². The molecule has 0 radical (unpaired) electrons. The summed E-state index contributed by atoms with van der Waals surface area (Å²) in [7, 11) is 0. The molecular formula is C40H62O2. The van der Waals surface area contributed by atoms with E-state index in [4.69, 9.17) is 9.47 Å². The maximum atomic E-state index is 5.83. The van der Waals surface area contributed by atoms with Crippen LogP contribution in [0.3, 0.4) is 0 Å². The SMILES string of the molecule is C=C(C)/C=C\C=C/OCCCCCCCc1cc(CCCCCC)cc(CCCCCOC\C=C(C)/C=C\C=C/C)c1. The average molecular weight is 575 g/mol. The molecule has 0 N–H and O–H groups in total. The van der Waals surface area contributed by atoms with Gasteiger partial charge in [-0.1, -0.05) is 130 Å². The molecule has 0 atom stereocenters. The molecule has 2 nitrogen and oxygen atoms in total. The van der Waals surface area contributed by atoms with Gasteiger partial charge in [0, 0.05) is 6.61 Å². The van der Waals surface area contributed by atoms with E-state index >= 15 is 0 Å². The summed E-state index contributed by atoms with van der Waals surface area (Å²) in [4.78, 5) is 0. The van der Waals surface area contributed by atoms with Crippen LogP contribution >= 0.6 is 0 Å². The highest BCUT2D eigenvalue weighted by atomic mass is 16.5. The van der Waals surface area contributed by atoms with Crippen molar-refractivity contribution in [2.45, 2.75) is 124 Å². The van der Waals surface area contributed by atoms with Gasteiger partial charge in [0.05, 0.1) is 19.5 Å². The van der Waals surface area contributed by atoms with Crippen LogP contribution in [0.5, 0.6) is 0 Å². The molecule has 42 heavy (non-hydrogen) atoms. The number of aryl methyl sites for hydroxylation is 3. The normalized spacial score (nSPS) is 12.5. The van der Waals surface area contributed by atoms with E-state index in [2.05, 4.69) is 56.9 Å². The van der Waals surface area contributed by atoms with Crippen molar-refractivity contribution in [3.8, 4) is 0 Å². The molecule has 0 spiro atoms. The minimum atomic E-state index is 0.703. The van der Waals surface area contributed by atoms with E-state index < -0.39 is 0 Å². The number of allylic oxidation sites excluding steroid dienone is 9. The van der Waals surface area contributed by atoms with Gasteiger partial charge in [0.15, 0.2) is 0 Å². The monoisotopic (exact) mass is 574 g/mol. The Morgan fingerprint density at radius 1 is 0.667 bits per heavy atom. The van der Waals surface area contributed by atoms with Crippen LogP contribution in [0.1, 0.15) is 121 Å². The van der Waals surface area contributed by atoms with Crippen LogP contribution in [0.4, 0.5) is 0 Å². The summed E-state index contributed by atoms with van der Waals surface area (Å²) in [5.41, 5.74) is 6.93. The third kappa shape index (κ3) is 23.0. The Morgan fingerprint density at radius 2 is 1.21 bits per heavy atom. The van der Waals surface area contributed by atoms with Crippen LogP contribution in [0, 0.1) is 0 Å². The second kappa shape index (κ2) is 27.3. The second-order valence-electron chi connectivity index (χ2n) is 11.6. The molecular weight excluding hydrogens is 512 g/mol. The number of benzene rings is 1. The lowest BCUT2D eigenvalue weighted by molar-refractivity contribution is 0.157. The molecule has 0 aliphatic carbocycles. The molecule has 1 rings (SSSR count). The summed E-state index contributed by atoms with van der Waals surface area (Å²) in [6.45, 7) is 14.6. The number of unbranched alkanes of at least 4 members (excludes halogenated alkanes) is 9. The lowest BCUT2D eigenvalue weighted by Gasteiger charge is -2.11. The maximum absolute atomic E-state index is 5.83. The summed E-state index contributed by atoms with van der Waals surface area (Å²) >= 11 is 0. The third-order valence-electron chi connectivity index (χ3n) is 7.27. The first-order chi connectivity index (χ1) is 20.5. The summed E-state index contributed by atoms with van der Waals surface area (Å²) in [6, 6.07) is 7.47. The molecule has 0 heterocycles. The minimum absolute atomic E-state index is 0.703. The summed E-state index contributed by atoms with van der Waals surface area (Å²) in [6.07, 6.45) is 36.9. The second-order valence-corrected chi connectivity index (χ2v) is 11.6. The van der Waals surface area contributed by atoms with Crippen LogP contribution in [-0.4, -0.2) is 19.8 Å². The van der Waals surface area contributed by atoms with Crippen molar-refractivity contribution in [1.29, 1.82) is 0 Å². The van der Waals surface area contributed by atoms with Crippen LogP contribution in [0.2, 0.25) is 0 Å². The van der Waals surface area contributed by atoms with Crippen LogP contribution in [0.15, 0.2) is 90.8 Å². The summed E-state index contributed by atoms with van der Waals surface area (Å²) in [5, 5.41) is 0. The predicted molar refractivity (Wildman–Crippen MR) is 186 cm³/mol. The predicted octanol–water partition coefficient (Wildman–Crippen LogP) is 11.8. The molecule has 0 fully saturated rings. The molecule has 0 aliphatic heterocycles. The number of ether oxygens (including phenoxy) is 2. The van der Waals surface area contributed by atoms with Crippen molar-refractivity contribution in [3.05, 3.63) is 107 Å². The van der Waals surface area contributed by atoms with E-state index in [-0.39, 0.29) is 0 Å². The summed E-state index contributed by atoms with van der Waals surface area (Å²) < 4.78 is 11.4. The van der Waals surface area contributed by atoms with E-state index in [0.29, 0.717) is 6.61 Å². The van der Waals surface area contributed by atoms with Crippen molar-refractivity contribution in [2.24, 2.45) is 0 Å². The molecule has 0 saturated carbocycles. The molecule has 0 aromatic heterocycles. The quantitative estimate of drug-likeness (QED) is 0.0622. The molecule has 0 amide bonds. The van der Waals surface area contributed by atoms with E-state index in [1.807, 2.05) is 44.2 Å². The van der Waals surface area contributed by atoms with Crippen molar-refractivity contribution in [2.75, 3.05) is 19.8 Å². The minimum Gasteiger partial charge on any atom is -0.501 e. The van der Waals surface area contributed by atoms with Gasteiger partial charge in [-0.2, -0.15) is 0 Å². The van der Waals surface area contributed by atoms with Crippen LogP contribution in [-0.2, 0) is 28.7 Å². The number of hydrogen-bond acceptors (Lipinski definition) is 2. The lowest BCUT2D eigenvalue weighted by atomic mass is 9.95. The highest BCUT2D eigenvalue weighted by Gasteiger charge is 2.04. The molecule has 234 valence electrons. The van der Waals surface area contributed by atoms with Gasteiger partial charge in [-0.05, 0) is 94.9 Å². The standard InChI is InChI=1S/C40H62O2/c1-6-8-10-16-25-38-33-39(26-17-12-11-13-20-29-41-31-22-19-23-36(3)4)35-40(34-38)27-18-14-21-30-42-32-28-37(5)24-15-9-7-2/h7,9,15,19,22-24,28,31,33-35H,3,6,8,10-14,16-18,20-21,25-27,29-30,32H2,1-2,4-5H3/b9-7-,23-19-,24-15-,31-22-,37-28-. The first-order valence-corrected chi connectivity index (χ1v) is 16.8. The van der Waals surface area contributed by atoms with E-state index in [9.17, 15) is 0 Å². The zero-order chi connectivity index (χ0) is 30.5. The van der Waals surface area contributed by atoms with Gasteiger partial charge in [-0.25, -0.2) is 0 Å². The maximum Gasteiger partial charge on any atom is 0.0873 e. The Morgan fingerprint density at radius 3 is 1.83 bits per heavy atom. The fraction of sp³-hybridized carbons (Fsp3) is 0.550. The highest BCUT2D eigenvalue weighted by Crippen LogP contribution is 2.19. The Hall–Kier alpha value is -2.58. The van der Waals surface area contributed by atoms with Gasteiger partial charge in [0.1, 0.15) is 0 Å². The smallest absolute Gasteiger partial charge is 0.0873 e. The third-order valence-corrected chi connectivity index (χ3v) is 7.27. The van der Waals surface area contributed by atoms with Gasteiger partial charge >= 0.3 is 0 Å².